The fourth-order valence-corrected chi connectivity index (χ4v) is 4.24. The topological polar surface area (TPSA) is 128 Å². The monoisotopic (exact) mass is 596 g/mol. The van der Waals surface area contributed by atoms with Gasteiger partial charge in [0.2, 0.25) is 5.95 Å². The highest BCUT2D eigenvalue weighted by atomic mass is 19.2. The van der Waals surface area contributed by atoms with Gasteiger partial charge in [0.15, 0.2) is 11.6 Å². The molecule has 0 bridgehead atoms. The number of carbonyl (C=O) groups excluding carboxylic acids is 2. The molecular formula is C32H26F2N6O4. The van der Waals surface area contributed by atoms with Gasteiger partial charge in [0.05, 0.1) is 30.6 Å². The van der Waals surface area contributed by atoms with E-state index in [0.717, 1.165) is 33.8 Å². The van der Waals surface area contributed by atoms with Crippen LogP contribution in [0.5, 0.6) is 0 Å². The fourth-order valence-electron chi connectivity index (χ4n) is 4.24. The average Bonchev–Trinajstić information content (AvgIpc) is 3.02. The van der Waals surface area contributed by atoms with Crippen LogP contribution in [0.3, 0.4) is 0 Å². The van der Waals surface area contributed by atoms with E-state index in [0.29, 0.717) is 34.9 Å². The molecule has 2 aromatic heterocycles. The predicted molar refractivity (Wildman–Crippen MR) is 161 cm³/mol. The number of esters is 1. The maximum Gasteiger partial charge on any atom is 0.338 e. The summed E-state index contributed by atoms with van der Waals surface area (Å²) < 4.78 is 32.9. The number of benzene rings is 3. The number of nitrogens with zero attached hydrogens (tertiary/aromatic N) is 4. The Morgan fingerprint density at radius 2 is 1.82 bits per heavy atom. The molecular weight excluding hydrogens is 570 g/mol. The van der Waals surface area contributed by atoms with Crippen LogP contribution >= 0.6 is 0 Å². The summed E-state index contributed by atoms with van der Waals surface area (Å²) in [6.07, 6.45) is 7.61. The molecule has 2 N–H and O–H groups in total. The Morgan fingerprint density at radius 3 is 2.59 bits per heavy atom. The van der Waals surface area contributed by atoms with Gasteiger partial charge in [0.1, 0.15) is 5.56 Å². The van der Waals surface area contributed by atoms with E-state index < -0.39 is 23.1 Å². The van der Waals surface area contributed by atoms with Crippen LogP contribution in [0.1, 0.15) is 38.8 Å². The smallest absolute Gasteiger partial charge is 0.338 e. The molecule has 10 nitrogen and oxygen atoms in total. The van der Waals surface area contributed by atoms with Gasteiger partial charge in [0, 0.05) is 30.0 Å². The minimum absolute atomic E-state index is 0.0719. The summed E-state index contributed by atoms with van der Waals surface area (Å²) in [5, 5.41) is 6.57. The number of halogens is 2. The van der Waals surface area contributed by atoms with Crippen molar-refractivity contribution in [2.24, 2.45) is 0 Å². The Labute approximate surface area is 250 Å². The summed E-state index contributed by atoms with van der Waals surface area (Å²) in [6.45, 7) is 2.13. The van der Waals surface area contributed by atoms with Gasteiger partial charge in [-0.1, -0.05) is 24.3 Å². The third-order valence-corrected chi connectivity index (χ3v) is 6.43. The molecule has 222 valence electrons. The number of ether oxygens (including phenoxy) is 1. The first-order valence-electron chi connectivity index (χ1n) is 13.5. The van der Waals surface area contributed by atoms with Crippen molar-refractivity contribution in [3.63, 3.8) is 0 Å². The van der Waals surface area contributed by atoms with Gasteiger partial charge in [-0.2, -0.15) is 0 Å². The molecule has 0 fully saturated rings. The Bertz CT molecular complexity index is 1930. The van der Waals surface area contributed by atoms with Gasteiger partial charge in [-0.15, -0.1) is 0 Å². The van der Waals surface area contributed by atoms with Crippen molar-refractivity contribution in [2.75, 3.05) is 18.5 Å². The second-order valence-electron chi connectivity index (χ2n) is 9.54. The van der Waals surface area contributed by atoms with Crippen molar-refractivity contribution in [1.82, 2.24) is 24.8 Å². The highest BCUT2D eigenvalue weighted by Gasteiger charge is 2.13. The van der Waals surface area contributed by atoms with E-state index in [1.54, 1.807) is 43.5 Å². The molecule has 1 amide bonds. The quantitative estimate of drug-likeness (QED) is 0.219. The van der Waals surface area contributed by atoms with E-state index >= 15 is 0 Å². The minimum Gasteiger partial charge on any atom is -0.462 e. The average molecular weight is 597 g/mol. The van der Waals surface area contributed by atoms with E-state index in [9.17, 15) is 23.2 Å². The van der Waals surface area contributed by atoms with Crippen molar-refractivity contribution in [1.29, 1.82) is 0 Å². The van der Waals surface area contributed by atoms with E-state index in [-0.39, 0.29) is 24.6 Å². The van der Waals surface area contributed by atoms with Crippen molar-refractivity contribution in [2.45, 2.75) is 13.5 Å². The van der Waals surface area contributed by atoms with Crippen LogP contribution in [0.2, 0.25) is 0 Å². The lowest BCUT2D eigenvalue weighted by molar-refractivity contribution is 0.0526. The number of fused-ring (bicyclic) bond motifs is 1. The van der Waals surface area contributed by atoms with Crippen molar-refractivity contribution in [3.05, 3.63) is 130 Å². The summed E-state index contributed by atoms with van der Waals surface area (Å²) in [7, 11) is 0. The fraction of sp³-hybridized carbons (Fsp3) is 0.125. The van der Waals surface area contributed by atoms with Crippen LogP contribution in [-0.2, 0) is 11.3 Å². The standard InChI is InChI=1S/C32H26F2N6O4/c1-2-44-31(43)22-7-9-24(10-8-22)38-32-37-16-23-14-20(6-12-28(23)39-32)4-3-13-36-29(41)25-17-35-19-40(30(25)42)18-21-5-11-26(33)27(34)15-21/h3-12,14-17,19H,2,13,18H2,1H3,(H,36,41)(H,37,38,39)/b4-3+. The Kier molecular flexibility index (Phi) is 9.09. The minimum atomic E-state index is -1.03. The van der Waals surface area contributed by atoms with Gasteiger partial charge >= 0.3 is 5.97 Å². The van der Waals surface area contributed by atoms with E-state index in [1.165, 1.54) is 12.4 Å². The molecule has 12 heteroatoms. The molecule has 2 heterocycles. The summed E-state index contributed by atoms with van der Waals surface area (Å²) in [6, 6.07) is 15.7. The molecule has 0 atom stereocenters. The Morgan fingerprint density at radius 1 is 1.00 bits per heavy atom. The molecule has 0 saturated carbocycles. The predicted octanol–water partition coefficient (Wildman–Crippen LogP) is 4.88. The molecule has 5 aromatic rings. The Hall–Kier alpha value is -5.78. The molecule has 3 aromatic carbocycles. The lowest BCUT2D eigenvalue weighted by Crippen LogP contribution is -2.33. The van der Waals surface area contributed by atoms with Gasteiger partial charge < -0.3 is 15.4 Å². The summed E-state index contributed by atoms with van der Waals surface area (Å²) in [5.74, 6) is -2.62. The van der Waals surface area contributed by atoms with Gasteiger partial charge in [-0.25, -0.2) is 28.5 Å². The first-order valence-corrected chi connectivity index (χ1v) is 13.5. The summed E-state index contributed by atoms with van der Waals surface area (Å²) in [4.78, 5) is 50.1. The summed E-state index contributed by atoms with van der Waals surface area (Å²) in [5.41, 5.74) is 2.30. The van der Waals surface area contributed by atoms with Crippen LogP contribution in [0, 0.1) is 11.6 Å². The number of rotatable bonds is 10. The maximum atomic E-state index is 13.5. The first kappa shape index (κ1) is 29.7. The number of carbonyl (C=O) groups is 2. The molecule has 0 saturated heterocycles. The number of anilines is 2. The van der Waals surface area contributed by atoms with E-state index in [1.807, 2.05) is 24.3 Å². The number of hydrogen-bond acceptors (Lipinski definition) is 8. The summed E-state index contributed by atoms with van der Waals surface area (Å²) >= 11 is 0. The van der Waals surface area contributed by atoms with Gasteiger partial charge in [0.25, 0.3) is 11.5 Å². The van der Waals surface area contributed by atoms with Gasteiger partial charge in [-0.05, 0) is 66.6 Å². The van der Waals surface area contributed by atoms with Crippen molar-refractivity contribution < 1.29 is 23.1 Å². The zero-order valence-corrected chi connectivity index (χ0v) is 23.5. The zero-order valence-electron chi connectivity index (χ0n) is 23.5. The van der Waals surface area contributed by atoms with Crippen LogP contribution in [0.25, 0.3) is 17.0 Å². The third kappa shape index (κ3) is 7.16. The molecule has 0 aliphatic rings. The van der Waals surface area contributed by atoms with Crippen LogP contribution < -0.4 is 16.2 Å². The van der Waals surface area contributed by atoms with Gasteiger partial charge in [-0.3, -0.25) is 14.2 Å². The lowest BCUT2D eigenvalue weighted by Gasteiger charge is -2.08. The second-order valence-corrected chi connectivity index (χ2v) is 9.54. The number of amides is 1. The van der Waals surface area contributed by atoms with E-state index in [4.69, 9.17) is 4.74 Å². The third-order valence-electron chi connectivity index (χ3n) is 6.43. The second kappa shape index (κ2) is 13.5. The lowest BCUT2D eigenvalue weighted by atomic mass is 10.1. The van der Waals surface area contributed by atoms with E-state index in [2.05, 4.69) is 25.6 Å². The molecule has 0 aliphatic heterocycles. The molecule has 44 heavy (non-hydrogen) atoms. The highest BCUT2D eigenvalue weighted by molar-refractivity contribution is 5.93. The number of nitrogens with one attached hydrogen (secondary N) is 2. The number of aromatic nitrogens is 4. The molecule has 5 rings (SSSR count). The molecule has 0 aliphatic carbocycles. The maximum absolute atomic E-state index is 13.5. The molecule has 0 radical (unpaired) electrons. The highest BCUT2D eigenvalue weighted by Crippen LogP contribution is 2.19. The van der Waals surface area contributed by atoms with Crippen LogP contribution in [0.4, 0.5) is 20.4 Å². The van der Waals surface area contributed by atoms with Crippen LogP contribution in [0.15, 0.2) is 90.3 Å². The largest absolute Gasteiger partial charge is 0.462 e. The SMILES string of the molecule is CCOC(=O)c1ccc(Nc2ncc3cc(/C=C/CNC(=O)c4cncn(Cc5ccc(F)c(F)c5)c4=O)ccc3n2)cc1. The van der Waals surface area contributed by atoms with Crippen molar-refractivity contribution >= 4 is 40.5 Å². The Balaban J connectivity index is 1.18. The normalized spacial score (nSPS) is 11.1. The number of hydrogen-bond donors (Lipinski definition) is 2. The molecule has 0 unspecified atom stereocenters. The zero-order chi connectivity index (χ0) is 31.1. The first-order chi connectivity index (χ1) is 21.3. The van der Waals surface area contributed by atoms with Crippen molar-refractivity contribution in [3.8, 4) is 0 Å². The van der Waals surface area contributed by atoms with Crippen LogP contribution in [-0.4, -0.2) is 44.5 Å². The molecule has 0 spiro atoms.